The van der Waals surface area contributed by atoms with E-state index < -0.39 is 36.5 Å². The number of benzene rings is 2. The average molecular weight is 386 g/mol. The molecule has 3 rings (SSSR count). The Bertz CT molecular complexity index is 829. The van der Waals surface area contributed by atoms with Crippen molar-refractivity contribution in [1.82, 2.24) is 0 Å². The summed E-state index contributed by atoms with van der Waals surface area (Å²) in [4.78, 5) is 24.5. The predicted octanol–water partition coefficient (Wildman–Crippen LogP) is 1.76. The van der Waals surface area contributed by atoms with Crippen LogP contribution in [-0.2, 0) is 14.2 Å². The van der Waals surface area contributed by atoms with E-state index in [2.05, 4.69) is 0 Å². The Kier molecular flexibility index (Phi) is 6.08. The van der Waals surface area contributed by atoms with E-state index in [4.69, 9.17) is 14.2 Å². The SMILES string of the molecule is Cc1ccc(C(=O)OC[C@@H]2O[C@@H](O)[C@H](O)[C@H]2OC(=O)c2ccc(C)cc2)cc1. The first-order chi connectivity index (χ1) is 13.3. The van der Waals surface area contributed by atoms with Crippen molar-refractivity contribution in [2.24, 2.45) is 0 Å². The maximum atomic E-state index is 12.3. The largest absolute Gasteiger partial charge is 0.459 e. The highest BCUT2D eigenvalue weighted by Crippen LogP contribution is 2.24. The second-order valence-electron chi connectivity index (χ2n) is 6.76. The molecule has 0 spiro atoms. The molecule has 1 saturated heterocycles. The molecule has 7 nitrogen and oxygen atoms in total. The number of ether oxygens (including phenoxy) is 3. The first-order valence-electron chi connectivity index (χ1n) is 8.88. The van der Waals surface area contributed by atoms with Crippen LogP contribution in [0.15, 0.2) is 48.5 Å². The number of hydrogen-bond acceptors (Lipinski definition) is 7. The molecule has 0 saturated carbocycles. The van der Waals surface area contributed by atoms with E-state index in [1.807, 2.05) is 13.8 Å². The first kappa shape index (κ1) is 20.0. The van der Waals surface area contributed by atoms with Gasteiger partial charge >= 0.3 is 11.9 Å². The lowest BCUT2D eigenvalue weighted by Crippen LogP contribution is -2.39. The van der Waals surface area contributed by atoms with Crippen LogP contribution in [0, 0.1) is 13.8 Å². The number of carbonyl (C=O) groups is 2. The third-order valence-corrected chi connectivity index (χ3v) is 4.51. The smallest absolute Gasteiger partial charge is 0.338 e. The summed E-state index contributed by atoms with van der Waals surface area (Å²) in [7, 11) is 0. The van der Waals surface area contributed by atoms with Gasteiger partial charge in [-0.05, 0) is 38.1 Å². The standard InChI is InChI=1S/C21H22O7/c1-12-3-7-14(8-4-12)19(23)26-11-16-18(17(22)21(25)27-16)28-20(24)15-9-5-13(2)6-10-15/h3-10,16-18,21-22,25H,11H2,1-2H3/t16-,17+,18-,21+/m0/s1. The molecule has 2 aromatic carbocycles. The van der Waals surface area contributed by atoms with Crippen LogP contribution in [0.4, 0.5) is 0 Å². The quantitative estimate of drug-likeness (QED) is 0.755. The Morgan fingerprint density at radius 2 is 1.39 bits per heavy atom. The van der Waals surface area contributed by atoms with Crippen molar-refractivity contribution < 1.29 is 34.0 Å². The van der Waals surface area contributed by atoms with Crippen molar-refractivity contribution in [2.75, 3.05) is 6.61 Å². The monoisotopic (exact) mass is 386 g/mol. The summed E-state index contributed by atoms with van der Waals surface area (Å²) in [6.07, 6.45) is -5.15. The maximum Gasteiger partial charge on any atom is 0.338 e. The topological polar surface area (TPSA) is 102 Å². The van der Waals surface area contributed by atoms with E-state index in [1.54, 1.807) is 48.5 Å². The fraction of sp³-hybridized carbons (Fsp3) is 0.333. The summed E-state index contributed by atoms with van der Waals surface area (Å²) in [5.74, 6) is -1.25. The van der Waals surface area contributed by atoms with Crippen LogP contribution in [-0.4, -0.2) is 53.4 Å². The highest BCUT2D eigenvalue weighted by Gasteiger charge is 2.46. The summed E-state index contributed by atoms with van der Waals surface area (Å²) >= 11 is 0. The van der Waals surface area contributed by atoms with Crippen LogP contribution >= 0.6 is 0 Å². The molecule has 1 aliphatic rings. The molecule has 2 aromatic rings. The van der Waals surface area contributed by atoms with Gasteiger partial charge in [0, 0.05) is 0 Å². The zero-order valence-electron chi connectivity index (χ0n) is 15.6. The number of rotatable bonds is 5. The summed E-state index contributed by atoms with van der Waals surface area (Å²) < 4.78 is 15.7. The van der Waals surface area contributed by atoms with E-state index in [-0.39, 0.29) is 6.61 Å². The number of carbonyl (C=O) groups excluding carboxylic acids is 2. The Morgan fingerprint density at radius 3 is 1.93 bits per heavy atom. The van der Waals surface area contributed by atoms with Crippen molar-refractivity contribution >= 4 is 11.9 Å². The first-order valence-corrected chi connectivity index (χ1v) is 8.88. The van der Waals surface area contributed by atoms with Crippen LogP contribution in [0.25, 0.3) is 0 Å². The van der Waals surface area contributed by atoms with Gasteiger partial charge in [0.2, 0.25) is 0 Å². The molecule has 0 aromatic heterocycles. The third kappa shape index (κ3) is 4.56. The molecular weight excluding hydrogens is 364 g/mol. The maximum absolute atomic E-state index is 12.3. The van der Waals surface area contributed by atoms with Crippen molar-refractivity contribution in [1.29, 1.82) is 0 Å². The van der Waals surface area contributed by atoms with Crippen molar-refractivity contribution in [3.05, 3.63) is 70.8 Å². The minimum absolute atomic E-state index is 0.285. The Labute approximate surface area is 162 Å². The highest BCUT2D eigenvalue weighted by molar-refractivity contribution is 5.90. The summed E-state index contributed by atoms with van der Waals surface area (Å²) in [5.41, 5.74) is 2.65. The van der Waals surface area contributed by atoms with Crippen LogP contribution in [0.5, 0.6) is 0 Å². The van der Waals surface area contributed by atoms with Gasteiger partial charge in [-0.3, -0.25) is 0 Å². The predicted molar refractivity (Wildman–Crippen MR) is 98.7 cm³/mol. The summed E-state index contributed by atoms with van der Waals surface area (Å²) in [6.45, 7) is 3.50. The molecular formula is C21H22O7. The van der Waals surface area contributed by atoms with E-state index in [9.17, 15) is 19.8 Å². The third-order valence-electron chi connectivity index (χ3n) is 4.51. The molecule has 0 aliphatic carbocycles. The van der Waals surface area contributed by atoms with Gasteiger partial charge in [0.05, 0.1) is 11.1 Å². The van der Waals surface area contributed by atoms with Gasteiger partial charge in [0.15, 0.2) is 12.4 Å². The van der Waals surface area contributed by atoms with Gasteiger partial charge in [-0.15, -0.1) is 0 Å². The number of aliphatic hydroxyl groups is 2. The Balaban J connectivity index is 1.63. The summed E-state index contributed by atoms with van der Waals surface area (Å²) in [6, 6.07) is 13.5. The number of hydrogen-bond donors (Lipinski definition) is 2. The second kappa shape index (κ2) is 8.52. The molecule has 0 amide bonds. The van der Waals surface area contributed by atoms with Gasteiger partial charge in [0.25, 0.3) is 0 Å². The number of esters is 2. The minimum atomic E-state index is -1.54. The molecule has 0 bridgehead atoms. The Hall–Kier alpha value is -2.74. The number of aryl methyl sites for hydroxylation is 2. The van der Waals surface area contributed by atoms with Crippen molar-refractivity contribution in [2.45, 2.75) is 38.4 Å². The van der Waals surface area contributed by atoms with Gasteiger partial charge < -0.3 is 24.4 Å². The molecule has 0 unspecified atom stereocenters. The van der Waals surface area contributed by atoms with Crippen molar-refractivity contribution in [3.8, 4) is 0 Å². The van der Waals surface area contributed by atoms with Gasteiger partial charge in [-0.1, -0.05) is 35.4 Å². The number of aliphatic hydroxyl groups excluding tert-OH is 2. The van der Waals surface area contributed by atoms with E-state index in [1.165, 1.54) is 0 Å². The zero-order chi connectivity index (χ0) is 20.3. The fourth-order valence-electron chi connectivity index (χ4n) is 2.81. The molecule has 1 fully saturated rings. The molecule has 148 valence electrons. The fourth-order valence-corrected chi connectivity index (χ4v) is 2.81. The van der Waals surface area contributed by atoms with Gasteiger partial charge in [-0.25, -0.2) is 9.59 Å². The molecule has 2 N–H and O–H groups in total. The molecule has 1 aliphatic heterocycles. The van der Waals surface area contributed by atoms with Crippen LogP contribution in [0.1, 0.15) is 31.8 Å². The highest BCUT2D eigenvalue weighted by atomic mass is 16.7. The van der Waals surface area contributed by atoms with Crippen LogP contribution < -0.4 is 0 Å². The van der Waals surface area contributed by atoms with Gasteiger partial charge in [-0.2, -0.15) is 0 Å². The van der Waals surface area contributed by atoms with E-state index >= 15 is 0 Å². The average Bonchev–Trinajstić information content (AvgIpc) is 2.95. The minimum Gasteiger partial charge on any atom is -0.459 e. The van der Waals surface area contributed by atoms with Crippen LogP contribution in [0.3, 0.4) is 0 Å². The lowest BCUT2D eigenvalue weighted by molar-refractivity contribution is -0.133. The molecule has 0 radical (unpaired) electrons. The molecule has 28 heavy (non-hydrogen) atoms. The van der Waals surface area contributed by atoms with Crippen LogP contribution in [0.2, 0.25) is 0 Å². The molecule has 7 heteroatoms. The zero-order valence-corrected chi connectivity index (χ0v) is 15.6. The second-order valence-corrected chi connectivity index (χ2v) is 6.76. The lowest BCUT2D eigenvalue weighted by atomic mass is 10.1. The molecule has 4 atom stereocenters. The molecule has 1 heterocycles. The Morgan fingerprint density at radius 1 is 0.893 bits per heavy atom. The van der Waals surface area contributed by atoms with E-state index in [0.29, 0.717) is 11.1 Å². The lowest BCUT2D eigenvalue weighted by Gasteiger charge is -2.20. The normalized spacial score (nSPS) is 24.0. The van der Waals surface area contributed by atoms with E-state index in [0.717, 1.165) is 11.1 Å². The summed E-state index contributed by atoms with van der Waals surface area (Å²) in [5, 5.41) is 19.9. The van der Waals surface area contributed by atoms with Crippen molar-refractivity contribution in [3.63, 3.8) is 0 Å². The van der Waals surface area contributed by atoms with Gasteiger partial charge in [0.1, 0.15) is 18.8 Å².